The molecule has 0 aromatic rings. The van der Waals surface area contributed by atoms with Crippen molar-refractivity contribution in [3.05, 3.63) is 10.5 Å². The zero-order valence-electron chi connectivity index (χ0n) is 22.9. The molecule has 4 rings (SSSR count). The Morgan fingerprint density at radius 3 is 2.49 bits per heavy atom. The van der Waals surface area contributed by atoms with Gasteiger partial charge in [0.1, 0.15) is 5.78 Å². The van der Waals surface area contributed by atoms with Crippen LogP contribution >= 0.6 is 11.8 Å². The van der Waals surface area contributed by atoms with E-state index in [1.54, 1.807) is 18.7 Å². The molecule has 3 fully saturated rings. The van der Waals surface area contributed by atoms with Gasteiger partial charge in [-0.3, -0.25) is 19.2 Å². The zero-order chi connectivity index (χ0) is 26.8. The number of unbranched alkanes of at least 4 members (excludes halogenated alkanes) is 2. The second-order valence-electron chi connectivity index (χ2n) is 12.5. The van der Waals surface area contributed by atoms with Gasteiger partial charge in [0.05, 0.1) is 4.91 Å². The molecule has 0 aliphatic heterocycles. The summed E-state index contributed by atoms with van der Waals surface area (Å²) in [6.45, 7) is 7.14. The summed E-state index contributed by atoms with van der Waals surface area (Å²) in [5.74, 6) is 2.55. The van der Waals surface area contributed by atoms with Crippen LogP contribution in [0, 0.1) is 34.5 Å². The first-order valence-electron chi connectivity index (χ1n) is 14.5. The highest BCUT2D eigenvalue weighted by Gasteiger charge is 2.60. The van der Waals surface area contributed by atoms with Crippen LogP contribution in [0.4, 0.5) is 0 Å². The predicted octanol–water partition coefficient (Wildman–Crippen LogP) is 5.94. The number of hydrogen-bond donors (Lipinski definition) is 2. The molecule has 1 amide bonds. The number of thioether (sulfide) groups is 1. The van der Waals surface area contributed by atoms with E-state index < -0.39 is 5.97 Å². The number of allylic oxidation sites excluding steroid dienone is 1. The number of rotatable bonds is 11. The first kappa shape index (κ1) is 28.4. The zero-order valence-corrected chi connectivity index (χ0v) is 23.7. The van der Waals surface area contributed by atoms with Crippen LogP contribution in [0.15, 0.2) is 10.5 Å². The van der Waals surface area contributed by atoms with Crippen LogP contribution in [0.3, 0.4) is 0 Å². The molecular formula is C30H45NO5S. The van der Waals surface area contributed by atoms with Crippen molar-refractivity contribution in [3.63, 3.8) is 0 Å². The maximum Gasteiger partial charge on any atom is 0.303 e. The number of aliphatic carboxylic acids is 1. The SMILES string of the molecule is CC(=O)C1CCC2C3CCC4=C(SCCC(=O)NCCCCCC(=O)O)C(=O)CCC4(C)C3CCC12C. The summed E-state index contributed by atoms with van der Waals surface area (Å²) in [4.78, 5) is 49.3. The summed E-state index contributed by atoms with van der Waals surface area (Å²) < 4.78 is 0. The van der Waals surface area contributed by atoms with E-state index in [-0.39, 0.29) is 34.9 Å². The van der Waals surface area contributed by atoms with Crippen LogP contribution in [0.2, 0.25) is 0 Å². The van der Waals surface area contributed by atoms with E-state index in [9.17, 15) is 19.2 Å². The third-order valence-corrected chi connectivity index (χ3v) is 11.7. The van der Waals surface area contributed by atoms with E-state index in [1.807, 2.05) is 0 Å². The first-order chi connectivity index (χ1) is 17.6. The number of nitrogens with one attached hydrogen (secondary N) is 1. The van der Waals surface area contributed by atoms with Crippen molar-refractivity contribution in [3.8, 4) is 0 Å². The lowest BCUT2D eigenvalue weighted by atomic mass is 9.46. The number of carbonyl (C=O) groups is 4. The maximum atomic E-state index is 13.0. The summed E-state index contributed by atoms with van der Waals surface area (Å²) in [7, 11) is 0. The standard InChI is InChI=1S/C30H45NO5S/c1-19(32)21-10-11-22-20-8-9-24-28(37-18-14-26(34)31-17-6-4-5-7-27(35)36)25(33)13-16-30(24,3)23(20)12-15-29(21,22)2/h20-23H,4-18H2,1-3H3,(H,31,34)(H,35,36). The lowest BCUT2D eigenvalue weighted by Gasteiger charge is -2.58. The van der Waals surface area contributed by atoms with Crippen molar-refractivity contribution >= 4 is 35.2 Å². The largest absolute Gasteiger partial charge is 0.481 e. The molecular weight excluding hydrogens is 486 g/mol. The van der Waals surface area contributed by atoms with Crippen LogP contribution in [0.25, 0.3) is 0 Å². The highest BCUT2D eigenvalue weighted by molar-refractivity contribution is 8.04. The Bertz CT molecular complexity index is 960. The smallest absolute Gasteiger partial charge is 0.303 e. The topological polar surface area (TPSA) is 101 Å². The fourth-order valence-electron chi connectivity index (χ4n) is 8.64. The molecule has 0 spiro atoms. The average molecular weight is 532 g/mol. The molecule has 3 saturated carbocycles. The molecule has 7 heteroatoms. The third-order valence-electron chi connectivity index (χ3n) is 10.5. The van der Waals surface area contributed by atoms with Crippen LogP contribution in [-0.4, -0.2) is 40.8 Å². The van der Waals surface area contributed by atoms with Crippen molar-refractivity contribution in [2.45, 2.75) is 104 Å². The van der Waals surface area contributed by atoms with Crippen LogP contribution < -0.4 is 5.32 Å². The van der Waals surface area contributed by atoms with Gasteiger partial charge in [-0.2, -0.15) is 0 Å². The molecule has 0 heterocycles. The minimum Gasteiger partial charge on any atom is -0.481 e. The number of carboxylic acid groups (broad SMARTS) is 1. The molecule has 0 aromatic carbocycles. The first-order valence-corrected chi connectivity index (χ1v) is 15.4. The Morgan fingerprint density at radius 2 is 1.76 bits per heavy atom. The summed E-state index contributed by atoms with van der Waals surface area (Å²) in [5, 5.41) is 11.6. The normalized spacial score (nSPS) is 34.9. The predicted molar refractivity (Wildman–Crippen MR) is 146 cm³/mol. The summed E-state index contributed by atoms with van der Waals surface area (Å²) in [6, 6.07) is 0. The summed E-state index contributed by atoms with van der Waals surface area (Å²) in [6.07, 6.45) is 10.9. The van der Waals surface area contributed by atoms with Crippen molar-refractivity contribution in [1.29, 1.82) is 0 Å². The fraction of sp³-hybridized carbons (Fsp3) is 0.800. The molecule has 6 unspecified atom stereocenters. The molecule has 2 N–H and O–H groups in total. The number of Topliss-reactive ketones (excluding diaryl/α,β-unsaturated/α-hetero) is 2. The van der Waals surface area contributed by atoms with Crippen LogP contribution in [0.1, 0.15) is 104 Å². The van der Waals surface area contributed by atoms with E-state index in [2.05, 4.69) is 19.2 Å². The highest BCUT2D eigenvalue weighted by Crippen LogP contribution is 2.67. The van der Waals surface area contributed by atoms with Gasteiger partial charge in [-0.15, -0.1) is 11.8 Å². The van der Waals surface area contributed by atoms with Gasteiger partial charge in [-0.05, 0) is 98.9 Å². The molecule has 0 radical (unpaired) electrons. The number of carbonyl (C=O) groups excluding carboxylic acids is 3. The monoisotopic (exact) mass is 531 g/mol. The molecule has 4 aliphatic carbocycles. The van der Waals surface area contributed by atoms with E-state index in [1.165, 1.54) is 12.0 Å². The molecule has 6 nitrogen and oxygen atoms in total. The molecule has 0 saturated heterocycles. The number of fused-ring (bicyclic) bond motifs is 5. The second-order valence-corrected chi connectivity index (χ2v) is 13.6. The Kier molecular flexibility index (Phi) is 8.92. The van der Waals surface area contributed by atoms with Gasteiger partial charge in [0, 0.05) is 37.5 Å². The summed E-state index contributed by atoms with van der Waals surface area (Å²) >= 11 is 1.59. The minimum absolute atomic E-state index is 0.00103. The summed E-state index contributed by atoms with van der Waals surface area (Å²) in [5.41, 5.74) is 1.57. The molecule has 206 valence electrons. The number of hydrogen-bond acceptors (Lipinski definition) is 5. The van der Waals surface area contributed by atoms with Crippen molar-refractivity contribution in [1.82, 2.24) is 5.32 Å². The number of carboxylic acids is 1. The molecule has 4 aliphatic rings. The molecule has 0 aromatic heterocycles. The van der Waals surface area contributed by atoms with E-state index in [0.717, 1.165) is 56.3 Å². The minimum atomic E-state index is -0.777. The van der Waals surface area contributed by atoms with E-state index >= 15 is 0 Å². The Morgan fingerprint density at radius 1 is 0.973 bits per heavy atom. The van der Waals surface area contributed by atoms with Gasteiger partial charge < -0.3 is 10.4 Å². The van der Waals surface area contributed by atoms with Crippen LogP contribution in [0.5, 0.6) is 0 Å². The Balaban J connectivity index is 1.35. The van der Waals surface area contributed by atoms with Crippen molar-refractivity contribution < 1.29 is 24.3 Å². The third kappa shape index (κ3) is 5.72. The second kappa shape index (κ2) is 11.6. The van der Waals surface area contributed by atoms with E-state index in [0.29, 0.717) is 55.1 Å². The van der Waals surface area contributed by atoms with Gasteiger partial charge in [0.15, 0.2) is 5.78 Å². The molecule has 0 bridgehead atoms. The molecule has 6 atom stereocenters. The molecule has 37 heavy (non-hydrogen) atoms. The van der Waals surface area contributed by atoms with Gasteiger partial charge in [-0.25, -0.2) is 0 Å². The van der Waals surface area contributed by atoms with Gasteiger partial charge in [-0.1, -0.05) is 20.3 Å². The van der Waals surface area contributed by atoms with Crippen LogP contribution in [-0.2, 0) is 19.2 Å². The Labute approximate surface area is 226 Å². The van der Waals surface area contributed by atoms with Gasteiger partial charge in [0.2, 0.25) is 5.91 Å². The quantitative estimate of drug-likeness (QED) is 0.320. The fourth-order valence-corrected chi connectivity index (χ4v) is 9.91. The maximum absolute atomic E-state index is 13.0. The Hall–Kier alpha value is -1.63. The average Bonchev–Trinajstić information content (AvgIpc) is 3.20. The van der Waals surface area contributed by atoms with Crippen molar-refractivity contribution in [2.24, 2.45) is 34.5 Å². The van der Waals surface area contributed by atoms with Gasteiger partial charge in [0.25, 0.3) is 0 Å². The number of amides is 1. The highest BCUT2D eigenvalue weighted by atomic mass is 32.2. The van der Waals surface area contributed by atoms with Crippen molar-refractivity contribution in [2.75, 3.05) is 12.3 Å². The number of ketones is 2. The lowest BCUT2D eigenvalue weighted by Crippen LogP contribution is -2.51. The van der Waals surface area contributed by atoms with Gasteiger partial charge >= 0.3 is 5.97 Å². The van der Waals surface area contributed by atoms with E-state index in [4.69, 9.17) is 5.11 Å². The lowest BCUT2D eigenvalue weighted by molar-refractivity contribution is -0.137.